The van der Waals surface area contributed by atoms with Crippen LogP contribution in [0.3, 0.4) is 0 Å². The van der Waals surface area contributed by atoms with E-state index in [-0.39, 0.29) is 37.4 Å². The summed E-state index contributed by atoms with van der Waals surface area (Å²) in [6, 6.07) is 19.0. The molecule has 1 atom stereocenters. The molecule has 0 spiro atoms. The fourth-order valence-corrected chi connectivity index (χ4v) is 6.03. The van der Waals surface area contributed by atoms with Gasteiger partial charge in [0, 0.05) is 41.5 Å². The summed E-state index contributed by atoms with van der Waals surface area (Å²) < 4.78 is 29.2. The number of anilines is 1. The zero-order chi connectivity index (χ0) is 30.7. The van der Waals surface area contributed by atoms with Gasteiger partial charge in [-0.15, -0.1) is 0 Å². The Morgan fingerprint density at radius 3 is 2.09 bits per heavy atom. The first-order chi connectivity index (χ1) is 20.5. The van der Waals surface area contributed by atoms with Crippen molar-refractivity contribution in [1.82, 2.24) is 9.80 Å². The quantitative estimate of drug-likeness (QED) is 0.260. The fraction of sp³-hybridized carbons (Fsp3) is 0.281. The van der Waals surface area contributed by atoms with Crippen molar-refractivity contribution >= 4 is 45.1 Å². The van der Waals surface area contributed by atoms with Gasteiger partial charge in [-0.25, -0.2) is 0 Å². The molecule has 11 heteroatoms. The van der Waals surface area contributed by atoms with Crippen molar-refractivity contribution in [1.29, 1.82) is 0 Å². The number of carbonyl (C=O) groups excluding carboxylic acids is 3. The minimum Gasteiger partial charge on any atom is -0.331 e. The molecule has 43 heavy (non-hydrogen) atoms. The topological polar surface area (TPSA) is 104 Å². The van der Waals surface area contributed by atoms with Crippen LogP contribution in [0, 0.1) is 0 Å². The Morgan fingerprint density at radius 1 is 0.884 bits per heavy atom. The lowest BCUT2D eigenvalue weighted by atomic mass is 10.0. The Labute approximate surface area is 256 Å². The number of nitrogens with zero attached hydrogens (tertiary/aromatic N) is 3. The van der Waals surface area contributed by atoms with Crippen LogP contribution in [0.15, 0.2) is 78.9 Å². The van der Waals surface area contributed by atoms with Gasteiger partial charge in [-0.2, -0.15) is 8.42 Å². The Bertz CT molecular complexity index is 1660. The number of hydrogen-bond acceptors (Lipinski definition) is 6. The van der Waals surface area contributed by atoms with Gasteiger partial charge >= 0.3 is 0 Å². The molecule has 224 valence electrons. The third-order valence-electron chi connectivity index (χ3n) is 7.45. The highest BCUT2D eigenvalue weighted by molar-refractivity contribution is 7.86. The van der Waals surface area contributed by atoms with Gasteiger partial charge in [-0.1, -0.05) is 54.9 Å². The molecular weight excluding hydrogens is 590 g/mol. The van der Waals surface area contributed by atoms with Crippen LogP contribution in [0.25, 0.3) is 0 Å². The van der Waals surface area contributed by atoms with Crippen molar-refractivity contribution in [2.45, 2.75) is 32.5 Å². The fourth-order valence-electron chi connectivity index (χ4n) is 5.23. The number of amides is 3. The Morgan fingerprint density at radius 2 is 1.49 bits per heavy atom. The maximum absolute atomic E-state index is 13.8. The first kappa shape index (κ1) is 30.5. The van der Waals surface area contributed by atoms with Crippen LogP contribution < -0.4 is 4.90 Å². The number of hydrogen-bond donors (Lipinski definition) is 0. The highest BCUT2D eigenvalue weighted by Crippen LogP contribution is 2.33. The van der Waals surface area contributed by atoms with Crippen molar-refractivity contribution in [3.8, 4) is 0 Å². The van der Waals surface area contributed by atoms with Gasteiger partial charge in [-0.05, 0) is 65.6 Å². The van der Waals surface area contributed by atoms with Gasteiger partial charge in [0.1, 0.15) is 12.6 Å². The molecule has 0 saturated carbocycles. The highest BCUT2D eigenvalue weighted by Gasteiger charge is 2.31. The molecule has 2 heterocycles. The predicted octanol–water partition coefficient (Wildman–Crippen LogP) is 4.97. The molecule has 3 aromatic carbocycles. The monoisotopic (exact) mass is 621 g/mol. The van der Waals surface area contributed by atoms with E-state index in [1.165, 1.54) is 4.90 Å². The average molecular weight is 622 g/mol. The van der Waals surface area contributed by atoms with E-state index in [9.17, 15) is 22.8 Å². The third-order valence-corrected chi connectivity index (χ3v) is 8.28. The lowest BCUT2D eigenvalue weighted by molar-refractivity contribution is -0.119. The average Bonchev–Trinajstić information content (AvgIpc) is 3.49. The van der Waals surface area contributed by atoms with Crippen LogP contribution in [0.5, 0.6) is 0 Å². The number of rotatable bonds is 8. The molecule has 2 aliphatic heterocycles. The summed E-state index contributed by atoms with van der Waals surface area (Å²) >= 11 is 6.01. The van der Waals surface area contributed by atoms with Crippen LogP contribution in [-0.4, -0.2) is 61.8 Å². The van der Waals surface area contributed by atoms with Crippen LogP contribution in [0.4, 0.5) is 5.69 Å². The number of carbonyl (C=O) groups is 3. The highest BCUT2D eigenvalue weighted by atomic mass is 35.5. The van der Waals surface area contributed by atoms with E-state index in [1.54, 1.807) is 64.4 Å². The maximum atomic E-state index is 13.8. The normalized spacial score (nSPS) is 15.8. The van der Waals surface area contributed by atoms with E-state index in [0.29, 0.717) is 46.9 Å². The van der Waals surface area contributed by atoms with Crippen LogP contribution >= 0.6 is 11.6 Å². The van der Waals surface area contributed by atoms with Gasteiger partial charge in [0.2, 0.25) is 5.91 Å². The minimum absolute atomic E-state index is 0.0646. The summed E-state index contributed by atoms with van der Waals surface area (Å²) in [7, 11) is -3.73. The molecule has 0 aliphatic carbocycles. The predicted molar refractivity (Wildman–Crippen MR) is 164 cm³/mol. The summed E-state index contributed by atoms with van der Waals surface area (Å²) in [5.74, 6) is -0.684. The molecule has 3 aromatic rings. The minimum atomic E-state index is -3.73. The molecule has 0 aromatic heterocycles. The molecule has 0 N–H and O–H groups in total. The second-order valence-corrected chi connectivity index (χ2v) is 12.6. The second-order valence-electron chi connectivity index (χ2n) is 10.6. The van der Waals surface area contributed by atoms with Crippen LogP contribution in [0.1, 0.15) is 56.9 Å². The molecule has 1 unspecified atom stereocenters. The SMILES string of the molecule is CCC(OS(C)(=O)=O)c1ccc2c(c1)N(Cc1ccc(C(=O)N3CC=CC3)cc1)C(=O)CN(C(=O)c1ccc(Cl)cc1)C2. The van der Waals surface area contributed by atoms with Crippen LogP contribution in [0.2, 0.25) is 5.02 Å². The molecule has 9 nitrogen and oxygen atoms in total. The van der Waals surface area contributed by atoms with Gasteiger partial charge < -0.3 is 14.7 Å². The molecule has 2 aliphatic rings. The summed E-state index contributed by atoms with van der Waals surface area (Å²) in [6.07, 6.45) is 4.56. The largest absolute Gasteiger partial charge is 0.331 e. The zero-order valence-electron chi connectivity index (χ0n) is 23.9. The van der Waals surface area contributed by atoms with E-state index >= 15 is 0 Å². The molecule has 0 radical (unpaired) electrons. The summed E-state index contributed by atoms with van der Waals surface area (Å²) in [4.78, 5) is 44.9. The van der Waals surface area contributed by atoms with Crippen molar-refractivity contribution in [3.63, 3.8) is 0 Å². The van der Waals surface area contributed by atoms with Gasteiger partial charge in [0.05, 0.1) is 12.8 Å². The Hall–Kier alpha value is -3.99. The molecule has 0 fully saturated rings. The van der Waals surface area contributed by atoms with Crippen molar-refractivity contribution in [3.05, 3.63) is 112 Å². The van der Waals surface area contributed by atoms with Crippen LogP contribution in [-0.2, 0) is 32.2 Å². The summed E-state index contributed by atoms with van der Waals surface area (Å²) in [5.41, 5.74) is 3.64. The van der Waals surface area contributed by atoms with E-state index in [0.717, 1.165) is 17.4 Å². The Kier molecular flexibility index (Phi) is 9.00. The Balaban J connectivity index is 1.48. The zero-order valence-corrected chi connectivity index (χ0v) is 25.5. The molecule has 0 saturated heterocycles. The van der Waals surface area contributed by atoms with Gasteiger partial charge in [-0.3, -0.25) is 18.6 Å². The van der Waals surface area contributed by atoms with Gasteiger partial charge in [0.25, 0.3) is 21.9 Å². The smallest absolute Gasteiger partial charge is 0.264 e. The van der Waals surface area contributed by atoms with E-state index in [2.05, 4.69) is 0 Å². The molecular formula is C32H32ClN3O6S. The molecule has 5 rings (SSSR count). The number of benzene rings is 3. The standard InChI is InChI=1S/C32H32ClN3O6S/c1-3-29(42-43(2,40)41)25-10-11-26-20-35(32(39)24-12-14-27(33)15-13-24)21-30(37)36(28(26)18-25)19-22-6-8-23(9-7-22)31(38)34-16-4-5-17-34/h4-15,18,29H,3,16-17,19-21H2,1-2H3. The number of fused-ring (bicyclic) bond motifs is 1. The van der Waals surface area contributed by atoms with E-state index in [4.69, 9.17) is 15.8 Å². The second kappa shape index (κ2) is 12.7. The maximum Gasteiger partial charge on any atom is 0.264 e. The van der Waals surface area contributed by atoms with Crippen molar-refractivity contribution < 1.29 is 27.0 Å². The van der Waals surface area contributed by atoms with Crippen molar-refractivity contribution in [2.75, 3.05) is 30.8 Å². The molecule has 3 amide bonds. The van der Waals surface area contributed by atoms with E-state index in [1.807, 2.05) is 31.2 Å². The lowest BCUT2D eigenvalue weighted by Gasteiger charge is -2.25. The lowest BCUT2D eigenvalue weighted by Crippen LogP contribution is -2.39. The van der Waals surface area contributed by atoms with E-state index < -0.39 is 16.2 Å². The van der Waals surface area contributed by atoms with Gasteiger partial charge in [0.15, 0.2) is 0 Å². The first-order valence-electron chi connectivity index (χ1n) is 13.9. The number of halogens is 1. The molecule has 0 bridgehead atoms. The summed E-state index contributed by atoms with van der Waals surface area (Å²) in [6.45, 7) is 3.16. The summed E-state index contributed by atoms with van der Waals surface area (Å²) in [5, 5.41) is 0.499. The van der Waals surface area contributed by atoms with Crippen molar-refractivity contribution in [2.24, 2.45) is 0 Å². The first-order valence-corrected chi connectivity index (χ1v) is 16.1. The third kappa shape index (κ3) is 7.15.